The van der Waals surface area contributed by atoms with Crippen molar-refractivity contribution in [2.75, 3.05) is 18.0 Å². The first-order chi connectivity index (χ1) is 14.9. The molecule has 0 amide bonds. The third-order valence-electron chi connectivity index (χ3n) is 5.83. The molecule has 0 spiro atoms. The van der Waals surface area contributed by atoms with Crippen molar-refractivity contribution in [1.29, 1.82) is 0 Å². The summed E-state index contributed by atoms with van der Waals surface area (Å²) in [5, 5.41) is 10.0. The van der Waals surface area contributed by atoms with Gasteiger partial charge in [0.1, 0.15) is 17.4 Å². The van der Waals surface area contributed by atoms with Crippen molar-refractivity contribution in [3.63, 3.8) is 0 Å². The van der Waals surface area contributed by atoms with Gasteiger partial charge in [0.05, 0.1) is 10.9 Å². The lowest BCUT2D eigenvalue weighted by Crippen LogP contribution is -2.35. The third kappa shape index (κ3) is 4.00. The van der Waals surface area contributed by atoms with E-state index in [2.05, 4.69) is 4.90 Å². The molecule has 1 saturated heterocycles. The van der Waals surface area contributed by atoms with E-state index in [1.807, 2.05) is 26.0 Å². The Kier molecular flexibility index (Phi) is 5.67. The van der Waals surface area contributed by atoms with Gasteiger partial charge in [-0.2, -0.15) is 0 Å². The van der Waals surface area contributed by atoms with E-state index in [0.29, 0.717) is 16.9 Å². The van der Waals surface area contributed by atoms with E-state index in [9.17, 15) is 14.7 Å². The second-order valence-electron chi connectivity index (χ2n) is 8.14. The van der Waals surface area contributed by atoms with Crippen LogP contribution in [0.25, 0.3) is 10.9 Å². The number of hydrogen-bond acceptors (Lipinski definition) is 5. The summed E-state index contributed by atoms with van der Waals surface area (Å²) in [6.07, 6.45) is 2.87. The number of anilines is 1. The van der Waals surface area contributed by atoms with Crippen molar-refractivity contribution in [2.45, 2.75) is 39.2 Å². The Balaban J connectivity index is 1.83. The summed E-state index contributed by atoms with van der Waals surface area (Å²) >= 11 is 0. The van der Waals surface area contributed by atoms with Gasteiger partial charge in [-0.25, -0.2) is 9.78 Å². The normalized spacial score (nSPS) is 15.1. The van der Waals surface area contributed by atoms with E-state index in [1.54, 1.807) is 29.8 Å². The summed E-state index contributed by atoms with van der Waals surface area (Å²) < 4.78 is 7.70. The predicted molar refractivity (Wildman–Crippen MR) is 120 cm³/mol. The number of aromatic nitrogens is 2. The monoisotopic (exact) mass is 421 g/mol. The highest BCUT2D eigenvalue weighted by atomic mass is 16.5. The van der Waals surface area contributed by atoms with Crippen molar-refractivity contribution >= 4 is 22.8 Å². The average molecular weight is 421 g/mol. The van der Waals surface area contributed by atoms with Crippen molar-refractivity contribution < 1.29 is 14.6 Å². The highest BCUT2D eigenvalue weighted by molar-refractivity contribution is 5.91. The Morgan fingerprint density at radius 2 is 1.87 bits per heavy atom. The van der Waals surface area contributed by atoms with Gasteiger partial charge >= 0.3 is 5.97 Å². The smallest absolute Gasteiger partial charge is 0.339 e. The number of ether oxygens (including phenoxy) is 1. The van der Waals surface area contributed by atoms with Crippen LogP contribution in [0.5, 0.6) is 5.75 Å². The fourth-order valence-electron chi connectivity index (χ4n) is 4.23. The summed E-state index contributed by atoms with van der Waals surface area (Å²) in [5.41, 5.74) is 2.31. The lowest BCUT2D eigenvalue weighted by Gasteiger charge is -2.29. The largest absolute Gasteiger partial charge is 0.485 e. The fourth-order valence-corrected chi connectivity index (χ4v) is 4.23. The van der Waals surface area contributed by atoms with Gasteiger partial charge in [-0.1, -0.05) is 18.2 Å². The van der Waals surface area contributed by atoms with Gasteiger partial charge in [0.25, 0.3) is 5.56 Å². The fraction of sp³-hybridized carbons (Fsp3) is 0.375. The van der Waals surface area contributed by atoms with Crippen LogP contribution in [0.1, 0.15) is 53.8 Å². The van der Waals surface area contributed by atoms with Crippen LogP contribution in [0, 0.1) is 6.92 Å². The number of aryl methyl sites for hydroxylation is 1. The predicted octanol–water partition coefficient (Wildman–Crippen LogP) is 4.07. The maximum atomic E-state index is 13.2. The van der Waals surface area contributed by atoms with E-state index in [1.165, 1.54) is 12.5 Å². The molecule has 162 valence electrons. The van der Waals surface area contributed by atoms with Gasteiger partial charge in [-0.3, -0.25) is 9.36 Å². The number of benzene rings is 2. The van der Waals surface area contributed by atoms with E-state index < -0.39 is 12.1 Å². The molecule has 1 fully saturated rings. The zero-order valence-electron chi connectivity index (χ0n) is 18.1. The number of carboxylic acids is 1. The lowest BCUT2D eigenvalue weighted by atomic mass is 10.0. The first-order valence-electron chi connectivity index (χ1n) is 10.6. The Morgan fingerprint density at radius 3 is 2.58 bits per heavy atom. The number of piperidine rings is 1. The molecule has 1 aliphatic rings. The second kappa shape index (κ2) is 8.41. The number of para-hydroxylation sites is 1. The van der Waals surface area contributed by atoms with Crippen LogP contribution >= 0.6 is 0 Å². The molecule has 7 nitrogen and oxygen atoms in total. The molecule has 1 aromatic heterocycles. The van der Waals surface area contributed by atoms with Crippen LogP contribution in [0.4, 0.5) is 5.95 Å². The van der Waals surface area contributed by atoms with Crippen molar-refractivity contribution in [3.8, 4) is 5.75 Å². The Hall–Kier alpha value is -3.35. The molecule has 31 heavy (non-hydrogen) atoms. The molecule has 2 aromatic carbocycles. The molecule has 0 aliphatic carbocycles. The highest BCUT2D eigenvalue weighted by Gasteiger charge is 2.22. The van der Waals surface area contributed by atoms with Crippen LogP contribution < -0.4 is 15.2 Å². The quantitative estimate of drug-likeness (QED) is 0.669. The number of carbonyl (C=O) groups is 1. The lowest BCUT2D eigenvalue weighted by molar-refractivity contribution is 0.0690. The van der Waals surface area contributed by atoms with Gasteiger partial charge in [-0.15, -0.1) is 0 Å². The number of rotatable bonds is 5. The van der Waals surface area contributed by atoms with Crippen LogP contribution in [-0.4, -0.2) is 33.7 Å². The number of hydrogen-bond donors (Lipinski definition) is 1. The number of fused-ring (bicyclic) bond motifs is 1. The maximum absolute atomic E-state index is 13.2. The minimum absolute atomic E-state index is 0.0892. The molecule has 4 rings (SSSR count). The highest BCUT2D eigenvalue weighted by Crippen LogP contribution is 2.30. The molecule has 0 radical (unpaired) electrons. The molecule has 2 heterocycles. The molecular weight excluding hydrogens is 394 g/mol. The number of nitrogens with zero attached hydrogens (tertiary/aromatic N) is 3. The van der Waals surface area contributed by atoms with E-state index in [4.69, 9.17) is 9.72 Å². The van der Waals surface area contributed by atoms with Gasteiger partial charge in [-0.05, 0) is 56.9 Å². The van der Waals surface area contributed by atoms with E-state index in [0.717, 1.165) is 37.1 Å². The Morgan fingerprint density at radius 1 is 1.16 bits per heavy atom. The first-order valence-corrected chi connectivity index (χ1v) is 10.6. The molecule has 0 bridgehead atoms. The zero-order chi connectivity index (χ0) is 22.1. The summed E-state index contributed by atoms with van der Waals surface area (Å²) in [6.45, 7) is 5.54. The average Bonchev–Trinajstić information content (AvgIpc) is 2.77. The topological polar surface area (TPSA) is 84.7 Å². The van der Waals surface area contributed by atoms with Crippen LogP contribution in [0.2, 0.25) is 0 Å². The minimum Gasteiger partial charge on any atom is -0.485 e. The SMILES string of the molecule is Cc1cc(C(C)Oc2ccccc2C(=O)O)c2nc(N3CCCCC3)n(C)c(=O)c2c1. The maximum Gasteiger partial charge on any atom is 0.339 e. The van der Waals surface area contributed by atoms with Crippen molar-refractivity contribution in [2.24, 2.45) is 7.05 Å². The Labute approximate surface area is 180 Å². The molecule has 1 unspecified atom stereocenters. The standard InChI is InChI=1S/C24H27N3O4/c1-15-13-18(16(2)31-20-10-6-5-9-17(20)23(29)30)21-19(14-15)22(28)26(3)24(25-21)27-11-7-4-8-12-27/h5-6,9-10,13-14,16H,4,7-8,11-12H2,1-3H3,(H,29,30). The summed E-state index contributed by atoms with van der Waals surface area (Å²) in [5.74, 6) is -0.0889. The first kappa shape index (κ1) is 20.9. The van der Waals surface area contributed by atoms with Gasteiger partial charge < -0.3 is 14.7 Å². The number of carboxylic acid groups (broad SMARTS) is 1. The number of aromatic carboxylic acids is 1. The van der Waals surface area contributed by atoms with Crippen molar-refractivity contribution in [3.05, 3.63) is 63.4 Å². The molecule has 1 N–H and O–H groups in total. The van der Waals surface area contributed by atoms with Crippen molar-refractivity contribution in [1.82, 2.24) is 9.55 Å². The molecule has 1 aliphatic heterocycles. The molecular formula is C24H27N3O4. The van der Waals surface area contributed by atoms with Crippen LogP contribution in [-0.2, 0) is 7.05 Å². The Bertz CT molecular complexity index is 1200. The molecule has 0 saturated carbocycles. The van der Waals surface area contributed by atoms with E-state index >= 15 is 0 Å². The zero-order valence-corrected chi connectivity index (χ0v) is 18.1. The minimum atomic E-state index is -1.05. The third-order valence-corrected chi connectivity index (χ3v) is 5.83. The van der Waals surface area contributed by atoms with Gasteiger partial charge in [0.15, 0.2) is 0 Å². The molecule has 7 heteroatoms. The van der Waals surface area contributed by atoms with E-state index in [-0.39, 0.29) is 16.9 Å². The van der Waals surface area contributed by atoms with Crippen LogP contribution in [0.15, 0.2) is 41.2 Å². The second-order valence-corrected chi connectivity index (χ2v) is 8.14. The van der Waals surface area contributed by atoms with Crippen LogP contribution in [0.3, 0.4) is 0 Å². The van der Waals surface area contributed by atoms with Gasteiger partial charge in [0, 0.05) is 25.7 Å². The summed E-state index contributed by atoms with van der Waals surface area (Å²) in [6, 6.07) is 10.4. The van der Waals surface area contributed by atoms with Gasteiger partial charge in [0.2, 0.25) is 5.95 Å². The molecule has 1 atom stereocenters. The summed E-state index contributed by atoms with van der Waals surface area (Å²) in [4.78, 5) is 31.8. The molecule has 3 aromatic rings. The summed E-state index contributed by atoms with van der Waals surface area (Å²) in [7, 11) is 1.77.